The zero-order valence-corrected chi connectivity index (χ0v) is 16.4. The number of nitrogens with one attached hydrogen (secondary N) is 2. The molecule has 4 rings (SSSR count). The van der Waals surface area contributed by atoms with E-state index in [1.807, 2.05) is 6.92 Å². The maximum Gasteiger partial charge on any atom is 0.279 e. The minimum Gasteiger partial charge on any atom is -0.360 e. The molecular formula is C14H13N7O3S3. The number of carbonyl (C=O) groups excluding carboxylic acids is 2. The lowest BCUT2D eigenvalue weighted by Crippen LogP contribution is -2.13. The van der Waals surface area contributed by atoms with E-state index in [9.17, 15) is 9.59 Å². The number of aryl methyl sites for hydroxylation is 1. The number of hydrogen-bond acceptors (Lipinski definition) is 11. The van der Waals surface area contributed by atoms with Crippen molar-refractivity contribution in [1.29, 1.82) is 0 Å². The molecule has 1 fully saturated rings. The van der Waals surface area contributed by atoms with Gasteiger partial charge in [-0.1, -0.05) is 39.6 Å². The van der Waals surface area contributed by atoms with Gasteiger partial charge in [-0.15, -0.1) is 20.4 Å². The van der Waals surface area contributed by atoms with Crippen molar-refractivity contribution in [3.8, 4) is 0 Å². The highest BCUT2D eigenvalue weighted by Gasteiger charge is 2.29. The van der Waals surface area contributed by atoms with Gasteiger partial charge in [0.1, 0.15) is 10.8 Å². The number of nitrogens with zero attached hydrogens (tertiary/aromatic N) is 5. The van der Waals surface area contributed by atoms with Crippen LogP contribution >= 0.6 is 34.4 Å². The lowest BCUT2D eigenvalue weighted by atomic mass is 10.3. The van der Waals surface area contributed by atoms with Gasteiger partial charge < -0.3 is 4.52 Å². The van der Waals surface area contributed by atoms with Gasteiger partial charge in [0, 0.05) is 12.0 Å². The first-order valence-electron chi connectivity index (χ1n) is 7.91. The minimum atomic E-state index is -0.400. The fourth-order valence-electron chi connectivity index (χ4n) is 2.07. The molecule has 0 saturated heterocycles. The van der Waals surface area contributed by atoms with Gasteiger partial charge in [0.2, 0.25) is 16.2 Å². The topological polar surface area (TPSA) is 136 Å². The molecule has 2 amide bonds. The molecule has 1 aliphatic rings. The van der Waals surface area contributed by atoms with Crippen LogP contribution in [0.4, 0.5) is 10.3 Å². The van der Waals surface area contributed by atoms with E-state index in [-0.39, 0.29) is 17.4 Å². The van der Waals surface area contributed by atoms with Crippen LogP contribution < -0.4 is 10.6 Å². The third kappa shape index (κ3) is 4.67. The predicted octanol–water partition coefficient (Wildman–Crippen LogP) is 2.55. The summed E-state index contributed by atoms with van der Waals surface area (Å²) in [6.45, 7) is 1.81. The Labute approximate surface area is 165 Å². The number of thioether (sulfide) groups is 1. The number of rotatable bonds is 7. The molecule has 2 N–H and O–H groups in total. The third-order valence-electron chi connectivity index (χ3n) is 3.47. The molecule has 140 valence electrons. The van der Waals surface area contributed by atoms with E-state index < -0.39 is 5.91 Å². The smallest absolute Gasteiger partial charge is 0.279 e. The van der Waals surface area contributed by atoms with Gasteiger partial charge in [0.25, 0.3) is 5.91 Å². The molecule has 0 aliphatic heterocycles. The Morgan fingerprint density at radius 3 is 2.70 bits per heavy atom. The zero-order valence-electron chi connectivity index (χ0n) is 14.0. The second-order valence-corrected chi connectivity index (χ2v) is 9.06. The molecule has 27 heavy (non-hydrogen) atoms. The molecule has 0 atom stereocenters. The van der Waals surface area contributed by atoms with Crippen LogP contribution in [0, 0.1) is 6.92 Å². The van der Waals surface area contributed by atoms with Gasteiger partial charge in [-0.25, -0.2) is 0 Å². The molecular weight excluding hydrogens is 410 g/mol. The average molecular weight is 424 g/mol. The Kier molecular flexibility index (Phi) is 5.13. The van der Waals surface area contributed by atoms with E-state index in [1.54, 1.807) is 6.07 Å². The molecule has 3 aromatic rings. The van der Waals surface area contributed by atoms with Crippen molar-refractivity contribution in [2.24, 2.45) is 0 Å². The Hall–Kier alpha value is -2.38. The lowest BCUT2D eigenvalue weighted by Gasteiger charge is -1.98. The van der Waals surface area contributed by atoms with Gasteiger partial charge in [0.15, 0.2) is 10.0 Å². The van der Waals surface area contributed by atoms with E-state index in [0.29, 0.717) is 20.5 Å². The van der Waals surface area contributed by atoms with E-state index in [4.69, 9.17) is 4.52 Å². The summed E-state index contributed by atoms with van der Waals surface area (Å²) < 4.78 is 5.73. The van der Waals surface area contributed by atoms with Gasteiger partial charge in [-0.3, -0.25) is 20.2 Å². The maximum atomic E-state index is 12.2. The lowest BCUT2D eigenvalue weighted by molar-refractivity contribution is -0.113. The molecule has 1 saturated carbocycles. The van der Waals surface area contributed by atoms with Crippen molar-refractivity contribution >= 4 is 56.5 Å². The van der Waals surface area contributed by atoms with Crippen LogP contribution in [0.25, 0.3) is 0 Å². The number of amides is 2. The minimum absolute atomic E-state index is 0.148. The third-order valence-corrected chi connectivity index (χ3v) is 6.19. The van der Waals surface area contributed by atoms with Gasteiger partial charge >= 0.3 is 0 Å². The Morgan fingerprint density at radius 2 is 1.96 bits per heavy atom. The van der Waals surface area contributed by atoms with Crippen molar-refractivity contribution < 1.29 is 14.1 Å². The van der Waals surface area contributed by atoms with Crippen LogP contribution in [0.2, 0.25) is 0 Å². The second-order valence-electron chi connectivity index (χ2n) is 5.68. The Morgan fingerprint density at radius 1 is 1.19 bits per heavy atom. The maximum absolute atomic E-state index is 12.2. The number of carbonyl (C=O) groups is 2. The van der Waals surface area contributed by atoms with E-state index in [2.05, 4.69) is 36.2 Å². The van der Waals surface area contributed by atoms with Crippen LogP contribution in [-0.2, 0) is 4.79 Å². The number of hydrogen-bond donors (Lipinski definition) is 2. The first-order chi connectivity index (χ1) is 13.1. The molecule has 1 aliphatic carbocycles. The standard InChI is InChI=1S/C14H13N7O3S3/c1-6-17-18-12(26-6)15-10(22)5-25-14-20-19-13(27-14)16-11(23)8-4-9(24-21-8)7-2-3-7/h4,7H,2-3,5H2,1H3,(H,15,18,22)(H,16,19,23). The summed E-state index contributed by atoms with van der Waals surface area (Å²) in [5, 5.41) is 26.2. The van der Waals surface area contributed by atoms with E-state index >= 15 is 0 Å². The summed E-state index contributed by atoms with van der Waals surface area (Å²) in [7, 11) is 0. The van der Waals surface area contributed by atoms with Gasteiger partial charge in [0.05, 0.1) is 5.75 Å². The summed E-state index contributed by atoms with van der Waals surface area (Å²) in [5.74, 6) is 0.661. The number of anilines is 2. The normalized spacial score (nSPS) is 13.5. The van der Waals surface area contributed by atoms with Crippen LogP contribution in [-0.4, -0.2) is 43.1 Å². The highest BCUT2D eigenvalue weighted by molar-refractivity contribution is 8.01. The number of aromatic nitrogens is 5. The first kappa shape index (κ1) is 18.0. The van der Waals surface area contributed by atoms with Crippen molar-refractivity contribution in [1.82, 2.24) is 25.6 Å². The molecule has 3 aromatic heterocycles. The zero-order chi connectivity index (χ0) is 18.8. The predicted molar refractivity (Wildman–Crippen MR) is 100 cm³/mol. The molecule has 0 spiro atoms. The second kappa shape index (κ2) is 7.70. The van der Waals surface area contributed by atoms with E-state index in [1.165, 1.54) is 34.4 Å². The Balaban J connectivity index is 1.27. The molecule has 0 bridgehead atoms. The fourth-order valence-corrected chi connectivity index (χ4v) is 4.22. The summed E-state index contributed by atoms with van der Waals surface area (Å²) >= 11 is 3.70. The molecule has 0 unspecified atom stereocenters. The van der Waals surface area contributed by atoms with Crippen LogP contribution in [0.5, 0.6) is 0 Å². The molecule has 0 aromatic carbocycles. The molecule has 13 heteroatoms. The summed E-state index contributed by atoms with van der Waals surface area (Å²) in [6.07, 6.45) is 2.14. The Bertz CT molecular complexity index is 978. The van der Waals surface area contributed by atoms with Gasteiger partial charge in [-0.05, 0) is 19.8 Å². The SMILES string of the molecule is Cc1nnc(NC(=O)CSc2nnc(NC(=O)c3cc(C4CC4)on3)s2)s1. The van der Waals surface area contributed by atoms with Crippen molar-refractivity contribution in [3.05, 3.63) is 22.5 Å². The van der Waals surface area contributed by atoms with Crippen LogP contribution in [0.3, 0.4) is 0 Å². The summed E-state index contributed by atoms with van der Waals surface area (Å²) in [5.41, 5.74) is 0.216. The summed E-state index contributed by atoms with van der Waals surface area (Å²) in [6, 6.07) is 1.66. The molecule has 3 heterocycles. The summed E-state index contributed by atoms with van der Waals surface area (Å²) in [4.78, 5) is 24.1. The van der Waals surface area contributed by atoms with Crippen molar-refractivity contribution in [2.75, 3.05) is 16.4 Å². The first-order valence-corrected chi connectivity index (χ1v) is 10.5. The molecule has 10 nitrogen and oxygen atoms in total. The quantitative estimate of drug-likeness (QED) is 0.434. The van der Waals surface area contributed by atoms with Gasteiger partial charge in [-0.2, -0.15) is 0 Å². The van der Waals surface area contributed by atoms with Crippen molar-refractivity contribution in [3.63, 3.8) is 0 Å². The highest BCUT2D eigenvalue weighted by atomic mass is 32.2. The van der Waals surface area contributed by atoms with Crippen molar-refractivity contribution in [2.45, 2.75) is 30.0 Å². The molecule has 0 radical (unpaired) electrons. The highest BCUT2D eigenvalue weighted by Crippen LogP contribution is 2.40. The van der Waals surface area contributed by atoms with Crippen LogP contribution in [0.1, 0.15) is 40.0 Å². The fraction of sp³-hybridized carbons (Fsp3) is 0.357. The largest absolute Gasteiger partial charge is 0.360 e. The van der Waals surface area contributed by atoms with Crippen LogP contribution in [0.15, 0.2) is 14.9 Å². The average Bonchev–Trinajstić information content (AvgIpc) is 3.04. The monoisotopic (exact) mass is 423 g/mol. The van der Waals surface area contributed by atoms with E-state index in [0.717, 1.165) is 23.6 Å².